The summed E-state index contributed by atoms with van der Waals surface area (Å²) in [6.07, 6.45) is 8.51. The van der Waals surface area contributed by atoms with Crippen LogP contribution >= 0.6 is 11.6 Å². The van der Waals surface area contributed by atoms with Crippen LogP contribution in [-0.2, 0) is 6.42 Å². The van der Waals surface area contributed by atoms with Gasteiger partial charge in [0.15, 0.2) is 0 Å². The van der Waals surface area contributed by atoms with Gasteiger partial charge in [0, 0.05) is 16.6 Å². The zero-order valence-electron chi connectivity index (χ0n) is 12.7. The van der Waals surface area contributed by atoms with Gasteiger partial charge >= 0.3 is 0 Å². The highest BCUT2D eigenvalue weighted by Gasteiger charge is 2.39. The fourth-order valence-electron chi connectivity index (χ4n) is 3.58. The van der Waals surface area contributed by atoms with Crippen molar-refractivity contribution in [1.82, 2.24) is 4.90 Å². The van der Waals surface area contributed by atoms with E-state index in [9.17, 15) is 0 Å². The molecular weight excluding hydrogens is 268 g/mol. The van der Waals surface area contributed by atoms with Crippen LogP contribution in [0.5, 0.6) is 0 Å². The molecule has 0 radical (unpaired) electrons. The first-order valence-electron chi connectivity index (χ1n) is 7.73. The smallest absolute Gasteiger partial charge is 0.0438 e. The second-order valence-corrected chi connectivity index (χ2v) is 6.72. The van der Waals surface area contributed by atoms with Crippen molar-refractivity contribution in [1.29, 1.82) is 0 Å². The lowest BCUT2D eigenvalue weighted by molar-refractivity contribution is 0.0968. The van der Waals surface area contributed by atoms with Crippen LogP contribution in [0.4, 0.5) is 0 Å². The molecule has 0 spiro atoms. The van der Waals surface area contributed by atoms with Crippen molar-refractivity contribution >= 4 is 11.6 Å². The molecule has 1 aromatic rings. The number of halogens is 1. The fourth-order valence-corrected chi connectivity index (χ4v) is 3.79. The lowest BCUT2D eigenvalue weighted by atomic mass is 9.79. The standard InChI is InChI=1S/C17H27ClN2/c1-20(2)17(11-7-3-4-8-12-17)16(19)13-14-9-5-6-10-15(14)18/h5-6,9-10,16H,3-4,7-8,11-13,19H2,1-2H3. The van der Waals surface area contributed by atoms with Gasteiger partial charge in [0.05, 0.1) is 0 Å². The van der Waals surface area contributed by atoms with E-state index in [1.54, 1.807) is 0 Å². The van der Waals surface area contributed by atoms with Gasteiger partial charge in [0.2, 0.25) is 0 Å². The van der Waals surface area contributed by atoms with E-state index in [2.05, 4.69) is 25.1 Å². The number of rotatable bonds is 4. The highest BCUT2D eigenvalue weighted by atomic mass is 35.5. The van der Waals surface area contributed by atoms with Gasteiger partial charge in [0.1, 0.15) is 0 Å². The molecule has 0 saturated heterocycles. The zero-order chi connectivity index (χ0) is 14.6. The van der Waals surface area contributed by atoms with Crippen LogP contribution < -0.4 is 5.73 Å². The number of nitrogens with two attached hydrogens (primary N) is 1. The number of hydrogen-bond donors (Lipinski definition) is 1. The third-order valence-corrected chi connectivity index (χ3v) is 5.32. The molecule has 1 saturated carbocycles. The van der Waals surface area contributed by atoms with Gasteiger partial charge < -0.3 is 10.6 Å². The first kappa shape index (κ1) is 15.8. The SMILES string of the molecule is CN(C)C1(C(N)Cc2ccccc2Cl)CCCCCC1. The van der Waals surface area contributed by atoms with E-state index in [1.807, 2.05) is 18.2 Å². The van der Waals surface area contributed by atoms with E-state index in [0.717, 1.165) is 11.4 Å². The van der Waals surface area contributed by atoms with Crippen molar-refractivity contribution in [2.75, 3.05) is 14.1 Å². The second kappa shape index (κ2) is 6.93. The summed E-state index contributed by atoms with van der Waals surface area (Å²) in [4.78, 5) is 2.36. The summed E-state index contributed by atoms with van der Waals surface area (Å²) in [5.74, 6) is 0. The molecule has 20 heavy (non-hydrogen) atoms. The Morgan fingerprint density at radius 3 is 2.30 bits per heavy atom. The molecule has 1 aliphatic carbocycles. The first-order valence-corrected chi connectivity index (χ1v) is 8.10. The van der Waals surface area contributed by atoms with Gasteiger partial charge in [-0.2, -0.15) is 0 Å². The van der Waals surface area contributed by atoms with E-state index >= 15 is 0 Å². The van der Waals surface area contributed by atoms with Crippen molar-refractivity contribution < 1.29 is 0 Å². The number of hydrogen-bond acceptors (Lipinski definition) is 2. The Labute approximate surface area is 128 Å². The van der Waals surface area contributed by atoms with Gasteiger partial charge in [-0.15, -0.1) is 0 Å². The molecule has 0 amide bonds. The van der Waals surface area contributed by atoms with Crippen molar-refractivity contribution in [2.45, 2.75) is 56.5 Å². The van der Waals surface area contributed by atoms with E-state index in [-0.39, 0.29) is 11.6 Å². The molecule has 0 heterocycles. The predicted octanol–water partition coefficient (Wildman–Crippen LogP) is 3.86. The number of likely N-dealkylation sites (N-methyl/N-ethyl adjacent to an activating group) is 1. The van der Waals surface area contributed by atoms with Gasteiger partial charge in [0.25, 0.3) is 0 Å². The van der Waals surface area contributed by atoms with Gasteiger partial charge in [-0.25, -0.2) is 0 Å². The normalized spacial score (nSPS) is 20.6. The second-order valence-electron chi connectivity index (χ2n) is 6.31. The van der Waals surface area contributed by atoms with Gasteiger partial charge in [-0.3, -0.25) is 0 Å². The van der Waals surface area contributed by atoms with Crippen molar-refractivity contribution in [3.63, 3.8) is 0 Å². The third-order valence-electron chi connectivity index (χ3n) is 4.95. The zero-order valence-corrected chi connectivity index (χ0v) is 13.5. The minimum absolute atomic E-state index is 0.121. The molecule has 1 unspecified atom stereocenters. The molecule has 2 rings (SSSR count). The minimum Gasteiger partial charge on any atom is -0.326 e. The molecule has 1 atom stereocenters. The average Bonchev–Trinajstić information content (AvgIpc) is 2.68. The molecule has 3 heteroatoms. The molecule has 1 fully saturated rings. The Morgan fingerprint density at radius 2 is 1.75 bits per heavy atom. The van der Waals surface area contributed by atoms with Crippen LogP contribution in [0.25, 0.3) is 0 Å². The molecule has 2 N–H and O–H groups in total. The van der Waals surface area contributed by atoms with E-state index in [4.69, 9.17) is 17.3 Å². The van der Waals surface area contributed by atoms with Crippen LogP contribution in [0, 0.1) is 0 Å². The minimum atomic E-state index is 0.121. The molecule has 112 valence electrons. The van der Waals surface area contributed by atoms with E-state index in [0.29, 0.717) is 0 Å². The maximum Gasteiger partial charge on any atom is 0.0438 e. The fraction of sp³-hybridized carbons (Fsp3) is 0.647. The van der Waals surface area contributed by atoms with Crippen LogP contribution in [0.3, 0.4) is 0 Å². The highest BCUT2D eigenvalue weighted by Crippen LogP contribution is 2.35. The number of benzene rings is 1. The Morgan fingerprint density at radius 1 is 1.15 bits per heavy atom. The van der Waals surface area contributed by atoms with Crippen molar-refractivity contribution in [2.24, 2.45) is 5.73 Å². The quantitative estimate of drug-likeness (QED) is 0.854. The number of nitrogens with zero attached hydrogens (tertiary/aromatic N) is 1. The average molecular weight is 295 g/mol. The molecule has 1 aromatic carbocycles. The van der Waals surface area contributed by atoms with Gasteiger partial charge in [-0.05, 0) is 45.0 Å². The Bertz CT molecular complexity index is 423. The summed E-state index contributed by atoms with van der Waals surface area (Å²) >= 11 is 6.30. The van der Waals surface area contributed by atoms with Crippen LogP contribution in [-0.4, -0.2) is 30.6 Å². The molecule has 1 aliphatic rings. The molecular formula is C17H27ClN2. The van der Waals surface area contributed by atoms with Gasteiger partial charge in [-0.1, -0.05) is 55.5 Å². The summed E-state index contributed by atoms with van der Waals surface area (Å²) in [5, 5.41) is 0.838. The maximum atomic E-state index is 6.65. The maximum absolute atomic E-state index is 6.65. The monoisotopic (exact) mass is 294 g/mol. The lowest BCUT2D eigenvalue weighted by Crippen LogP contribution is -2.58. The molecule has 0 aliphatic heterocycles. The van der Waals surface area contributed by atoms with Crippen LogP contribution in [0.2, 0.25) is 5.02 Å². The summed E-state index contributed by atoms with van der Waals surface area (Å²) in [7, 11) is 4.36. The third kappa shape index (κ3) is 3.36. The highest BCUT2D eigenvalue weighted by molar-refractivity contribution is 6.31. The van der Waals surface area contributed by atoms with E-state index < -0.39 is 0 Å². The Hall–Kier alpha value is -0.570. The van der Waals surface area contributed by atoms with Crippen LogP contribution in [0.1, 0.15) is 44.1 Å². The van der Waals surface area contributed by atoms with Crippen LogP contribution in [0.15, 0.2) is 24.3 Å². The molecule has 2 nitrogen and oxygen atoms in total. The molecule has 0 bridgehead atoms. The topological polar surface area (TPSA) is 29.3 Å². The Balaban J connectivity index is 2.18. The Kier molecular flexibility index (Phi) is 5.48. The largest absolute Gasteiger partial charge is 0.326 e. The van der Waals surface area contributed by atoms with Crippen molar-refractivity contribution in [3.05, 3.63) is 34.9 Å². The van der Waals surface area contributed by atoms with Crippen molar-refractivity contribution in [3.8, 4) is 0 Å². The first-order chi connectivity index (χ1) is 9.56. The summed E-state index contributed by atoms with van der Waals surface area (Å²) in [5.41, 5.74) is 7.95. The summed E-state index contributed by atoms with van der Waals surface area (Å²) in [6.45, 7) is 0. The summed E-state index contributed by atoms with van der Waals surface area (Å²) < 4.78 is 0. The lowest BCUT2D eigenvalue weighted by Gasteiger charge is -2.44. The van der Waals surface area contributed by atoms with E-state index in [1.165, 1.54) is 44.1 Å². The molecule has 0 aromatic heterocycles. The predicted molar refractivity (Wildman–Crippen MR) is 87.3 cm³/mol. The summed E-state index contributed by atoms with van der Waals surface area (Å²) in [6, 6.07) is 8.21.